The highest BCUT2D eigenvalue weighted by Crippen LogP contribution is 2.28. The number of nitrogens with zero attached hydrogens (tertiary/aromatic N) is 2. The molecular weight excluding hydrogens is 308 g/mol. The van der Waals surface area contributed by atoms with Gasteiger partial charge in [-0.05, 0) is 30.7 Å². The molecule has 0 aliphatic carbocycles. The van der Waals surface area contributed by atoms with Crippen LogP contribution < -0.4 is 0 Å². The molecular formula is C15H19ClN2O2S. The second-order valence-corrected chi connectivity index (χ2v) is 6.65. The molecule has 0 spiro atoms. The highest BCUT2D eigenvalue weighted by molar-refractivity contribution is 8.00. The minimum Gasteiger partial charge on any atom is -0.342 e. The largest absolute Gasteiger partial charge is 0.342 e. The summed E-state index contributed by atoms with van der Waals surface area (Å²) in [5, 5.41) is 0.609. The van der Waals surface area contributed by atoms with E-state index in [4.69, 9.17) is 11.6 Å². The van der Waals surface area contributed by atoms with Crippen molar-refractivity contribution in [3.63, 3.8) is 0 Å². The quantitative estimate of drug-likeness (QED) is 0.616. The standard InChI is InChI=1S/C15H19ClN2O2S/c1-2-14(21-13-5-3-12(16)4-6-13)15(20)18-9-7-17(11-19)8-10-18/h3-6,11,14H,2,7-10H2,1H3. The zero-order chi connectivity index (χ0) is 15.2. The lowest BCUT2D eigenvalue weighted by atomic mass is 10.2. The molecule has 1 aromatic rings. The molecule has 1 aromatic carbocycles. The van der Waals surface area contributed by atoms with E-state index in [1.54, 1.807) is 16.7 Å². The van der Waals surface area contributed by atoms with Crippen LogP contribution in [-0.4, -0.2) is 53.5 Å². The molecule has 1 saturated heterocycles. The van der Waals surface area contributed by atoms with Crippen LogP contribution in [-0.2, 0) is 9.59 Å². The number of benzene rings is 1. The topological polar surface area (TPSA) is 40.6 Å². The average molecular weight is 327 g/mol. The van der Waals surface area contributed by atoms with Crippen molar-refractivity contribution in [2.24, 2.45) is 0 Å². The second kappa shape index (κ2) is 7.71. The van der Waals surface area contributed by atoms with E-state index in [1.807, 2.05) is 36.1 Å². The fraction of sp³-hybridized carbons (Fsp3) is 0.467. The molecule has 2 rings (SSSR count). The SMILES string of the molecule is CCC(Sc1ccc(Cl)cc1)C(=O)N1CCN(C=O)CC1. The molecule has 0 saturated carbocycles. The van der Waals surface area contributed by atoms with Crippen molar-refractivity contribution in [1.29, 1.82) is 0 Å². The molecule has 1 heterocycles. The van der Waals surface area contributed by atoms with Gasteiger partial charge in [-0.2, -0.15) is 0 Å². The summed E-state index contributed by atoms with van der Waals surface area (Å²) in [5.74, 6) is 0.156. The first-order valence-corrected chi connectivity index (χ1v) is 8.30. The first-order valence-electron chi connectivity index (χ1n) is 7.04. The number of carbonyl (C=O) groups is 2. The number of hydrogen-bond acceptors (Lipinski definition) is 3. The molecule has 1 aliphatic rings. The summed E-state index contributed by atoms with van der Waals surface area (Å²) in [4.78, 5) is 27.9. The Hall–Kier alpha value is -1.20. The lowest BCUT2D eigenvalue weighted by molar-refractivity contribution is -0.134. The van der Waals surface area contributed by atoms with Crippen LogP contribution in [0.15, 0.2) is 29.2 Å². The van der Waals surface area contributed by atoms with Crippen LogP contribution >= 0.6 is 23.4 Å². The van der Waals surface area contributed by atoms with Crippen LogP contribution in [0.25, 0.3) is 0 Å². The van der Waals surface area contributed by atoms with Gasteiger partial charge in [0.2, 0.25) is 12.3 Å². The maximum atomic E-state index is 12.6. The van der Waals surface area contributed by atoms with Crippen molar-refractivity contribution < 1.29 is 9.59 Å². The number of halogens is 1. The third-order valence-electron chi connectivity index (χ3n) is 3.51. The molecule has 0 aromatic heterocycles. The Bertz CT molecular complexity index is 487. The van der Waals surface area contributed by atoms with E-state index in [0.29, 0.717) is 31.2 Å². The Morgan fingerprint density at radius 3 is 2.43 bits per heavy atom. The van der Waals surface area contributed by atoms with Crippen LogP contribution in [0.4, 0.5) is 0 Å². The summed E-state index contributed by atoms with van der Waals surface area (Å²) >= 11 is 7.45. The Morgan fingerprint density at radius 2 is 1.90 bits per heavy atom. The third kappa shape index (κ3) is 4.38. The highest BCUT2D eigenvalue weighted by Gasteiger charge is 2.26. The lowest BCUT2D eigenvalue weighted by Gasteiger charge is -2.34. The Morgan fingerprint density at radius 1 is 1.29 bits per heavy atom. The lowest BCUT2D eigenvalue weighted by Crippen LogP contribution is -2.50. The van der Waals surface area contributed by atoms with Gasteiger partial charge in [-0.3, -0.25) is 9.59 Å². The smallest absolute Gasteiger partial charge is 0.236 e. The predicted molar refractivity (Wildman–Crippen MR) is 85.6 cm³/mol. The molecule has 1 unspecified atom stereocenters. The van der Waals surface area contributed by atoms with Crippen molar-refractivity contribution in [2.75, 3.05) is 26.2 Å². The van der Waals surface area contributed by atoms with Crippen LogP contribution in [0.5, 0.6) is 0 Å². The molecule has 1 fully saturated rings. The van der Waals surface area contributed by atoms with E-state index >= 15 is 0 Å². The minimum absolute atomic E-state index is 0.0889. The van der Waals surface area contributed by atoms with Crippen molar-refractivity contribution in [2.45, 2.75) is 23.5 Å². The third-order valence-corrected chi connectivity index (χ3v) is 5.13. The number of piperazine rings is 1. The first-order chi connectivity index (χ1) is 10.1. The first kappa shape index (κ1) is 16.2. The highest BCUT2D eigenvalue weighted by atomic mass is 35.5. The molecule has 1 atom stereocenters. The van der Waals surface area contributed by atoms with Gasteiger partial charge >= 0.3 is 0 Å². The van der Waals surface area contributed by atoms with E-state index in [0.717, 1.165) is 17.7 Å². The summed E-state index contributed by atoms with van der Waals surface area (Å²) in [6.45, 7) is 4.51. The zero-order valence-electron chi connectivity index (χ0n) is 12.0. The van der Waals surface area contributed by atoms with E-state index in [2.05, 4.69) is 0 Å². The monoisotopic (exact) mass is 326 g/mol. The van der Waals surface area contributed by atoms with Gasteiger partial charge in [0, 0.05) is 36.1 Å². The Balaban J connectivity index is 1.95. The second-order valence-electron chi connectivity index (χ2n) is 4.94. The van der Waals surface area contributed by atoms with Crippen LogP contribution in [0.1, 0.15) is 13.3 Å². The summed E-state index contributed by atoms with van der Waals surface area (Å²) in [7, 11) is 0. The molecule has 6 heteroatoms. The van der Waals surface area contributed by atoms with Gasteiger partial charge in [0.15, 0.2) is 0 Å². The van der Waals surface area contributed by atoms with Gasteiger partial charge in [-0.25, -0.2) is 0 Å². The summed E-state index contributed by atoms with van der Waals surface area (Å²) in [5.41, 5.74) is 0. The molecule has 2 amide bonds. The molecule has 0 N–H and O–H groups in total. The van der Waals surface area contributed by atoms with Crippen molar-refractivity contribution in [1.82, 2.24) is 9.80 Å². The van der Waals surface area contributed by atoms with Gasteiger partial charge in [0.25, 0.3) is 0 Å². The molecule has 114 valence electrons. The van der Waals surface area contributed by atoms with Crippen LogP contribution in [0.2, 0.25) is 5.02 Å². The molecule has 0 bridgehead atoms. The predicted octanol–water partition coefficient (Wildman–Crippen LogP) is 2.51. The average Bonchev–Trinajstić information content (AvgIpc) is 2.54. The Labute approximate surface area is 134 Å². The fourth-order valence-corrected chi connectivity index (χ4v) is 3.40. The number of amides is 2. The molecule has 1 aliphatic heterocycles. The molecule has 4 nitrogen and oxygen atoms in total. The van der Waals surface area contributed by atoms with Crippen LogP contribution in [0, 0.1) is 0 Å². The van der Waals surface area contributed by atoms with E-state index in [1.165, 1.54) is 0 Å². The van der Waals surface area contributed by atoms with E-state index in [-0.39, 0.29) is 11.2 Å². The van der Waals surface area contributed by atoms with E-state index < -0.39 is 0 Å². The van der Waals surface area contributed by atoms with Crippen molar-refractivity contribution in [3.8, 4) is 0 Å². The van der Waals surface area contributed by atoms with Crippen molar-refractivity contribution in [3.05, 3.63) is 29.3 Å². The summed E-state index contributed by atoms with van der Waals surface area (Å²) in [6.07, 6.45) is 1.63. The Kier molecular flexibility index (Phi) is 5.94. The molecule has 0 radical (unpaired) electrons. The fourth-order valence-electron chi connectivity index (χ4n) is 2.24. The van der Waals surface area contributed by atoms with Crippen LogP contribution in [0.3, 0.4) is 0 Å². The summed E-state index contributed by atoms with van der Waals surface area (Å²) < 4.78 is 0. The van der Waals surface area contributed by atoms with Crippen molar-refractivity contribution >= 4 is 35.7 Å². The van der Waals surface area contributed by atoms with Gasteiger partial charge in [-0.1, -0.05) is 18.5 Å². The maximum absolute atomic E-state index is 12.6. The normalized spacial score (nSPS) is 16.7. The number of thioether (sulfide) groups is 1. The van der Waals surface area contributed by atoms with Gasteiger partial charge in [0.05, 0.1) is 5.25 Å². The number of hydrogen-bond donors (Lipinski definition) is 0. The van der Waals surface area contributed by atoms with Gasteiger partial charge in [-0.15, -0.1) is 11.8 Å². The van der Waals surface area contributed by atoms with Gasteiger partial charge in [0.1, 0.15) is 0 Å². The van der Waals surface area contributed by atoms with Gasteiger partial charge < -0.3 is 9.80 Å². The zero-order valence-corrected chi connectivity index (χ0v) is 13.6. The minimum atomic E-state index is -0.0889. The maximum Gasteiger partial charge on any atom is 0.236 e. The number of rotatable bonds is 5. The molecule has 21 heavy (non-hydrogen) atoms. The number of carbonyl (C=O) groups excluding carboxylic acids is 2. The summed E-state index contributed by atoms with van der Waals surface area (Å²) in [6, 6.07) is 7.55. The van der Waals surface area contributed by atoms with E-state index in [9.17, 15) is 9.59 Å².